The predicted molar refractivity (Wildman–Crippen MR) is 99.0 cm³/mol. The first-order valence-electron chi connectivity index (χ1n) is 8.60. The van der Waals surface area contributed by atoms with Crippen LogP contribution in [0.5, 0.6) is 5.75 Å². The number of hydrogen-bond acceptors (Lipinski definition) is 4. The molecule has 0 bridgehead atoms. The van der Waals surface area contributed by atoms with Crippen molar-refractivity contribution in [3.05, 3.63) is 59.2 Å². The second-order valence-electron chi connectivity index (χ2n) is 6.38. The Morgan fingerprint density at radius 3 is 2.59 bits per heavy atom. The fraction of sp³-hybridized carbons (Fsp3) is 0.250. The molecule has 27 heavy (non-hydrogen) atoms. The van der Waals surface area contributed by atoms with Crippen molar-refractivity contribution in [1.29, 1.82) is 0 Å². The molecule has 1 atom stereocenters. The third kappa shape index (κ3) is 4.63. The molecule has 0 saturated carbocycles. The van der Waals surface area contributed by atoms with Crippen LogP contribution in [0.1, 0.15) is 28.4 Å². The second-order valence-corrected chi connectivity index (χ2v) is 6.38. The molecule has 0 radical (unpaired) electrons. The van der Waals surface area contributed by atoms with Gasteiger partial charge in [-0.3, -0.25) is 14.4 Å². The number of amides is 2. The Morgan fingerprint density at radius 1 is 1.15 bits per heavy atom. The van der Waals surface area contributed by atoms with Gasteiger partial charge < -0.3 is 20.5 Å². The third-order valence-electron chi connectivity index (χ3n) is 4.27. The molecule has 2 aromatic carbocycles. The monoisotopic (exact) mass is 368 g/mol. The molecular formula is C20H20N2O5. The molecule has 0 aliphatic carbocycles. The van der Waals surface area contributed by atoms with Crippen molar-refractivity contribution in [1.82, 2.24) is 5.32 Å². The Labute approximate surface area is 156 Å². The highest BCUT2D eigenvalue weighted by Gasteiger charge is 2.16. The van der Waals surface area contributed by atoms with Crippen molar-refractivity contribution in [2.24, 2.45) is 0 Å². The molecule has 140 valence electrons. The van der Waals surface area contributed by atoms with E-state index in [9.17, 15) is 14.4 Å². The smallest absolute Gasteiger partial charge is 0.325 e. The molecule has 1 unspecified atom stereocenters. The first-order chi connectivity index (χ1) is 12.9. The molecule has 3 rings (SSSR count). The molecular weight excluding hydrogens is 348 g/mol. The van der Waals surface area contributed by atoms with Crippen LogP contribution in [0.2, 0.25) is 0 Å². The van der Waals surface area contributed by atoms with Gasteiger partial charge in [0.15, 0.2) is 0 Å². The fourth-order valence-electron chi connectivity index (χ4n) is 2.79. The number of aliphatic carboxylic acids is 1. The summed E-state index contributed by atoms with van der Waals surface area (Å²) in [5.41, 5.74) is 2.91. The van der Waals surface area contributed by atoms with Crippen molar-refractivity contribution in [2.75, 3.05) is 11.9 Å². The number of hydrogen-bond donors (Lipinski definition) is 3. The van der Waals surface area contributed by atoms with Crippen molar-refractivity contribution < 1.29 is 24.2 Å². The Kier molecular flexibility index (Phi) is 5.40. The van der Waals surface area contributed by atoms with E-state index in [1.807, 2.05) is 18.2 Å². The van der Waals surface area contributed by atoms with E-state index < -0.39 is 17.9 Å². The Hall–Kier alpha value is -3.35. The molecule has 1 aliphatic rings. The van der Waals surface area contributed by atoms with Crippen molar-refractivity contribution >= 4 is 23.5 Å². The van der Waals surface area contributed by atoms with Gasteiger partial charge in [0.1, 0.15) is 11.8 Å². The van der Waals surface area contributed by atoms with Crippen LogP contribution in [0.25, 0.3) is 0 Å². The normalized spacial score (nSPS) is 13.2. The lowest BCUT2D eigenvalue weighted by Crippen LogP contribution is -2.38. The van der Waals surface area contributed by atoms with Gasteiger partial charge in [-0.05, 0) is 48.4 Å². The van der Waals surface area contributed by atoms with Gasteiger partial charge in [-0.1, -0.05) is 12.1 Å². The summed E-state index contributed by atoms with van der Waals surface area (Å²) in [7, 11) is 0. The summed E-state index contributed by atoms with van der Waals surface area (Å²) in [5, 5.41) is 14.0. The maximum absolute atomic E-state index is 12.2. The molecule has 0 saturated heterocycles. The van der Waals surface area contributed by atoms with E-state index in [2.05, 4.69) is 10.6 Å². The second kappa shape index (κ2) is 7.90. The summed E-state index contributed by atoms with van der Waals surface area (Å²) in [5.74, 6) is -0.871. The molecule has 1 heterocycles. The minimum absolute atomic E-state index is 0.162. The molecule has 7 heteroatoms. The van der Waals surface area contributed by atoms with Crippen LogP contribution in [0.3, 0.4) is 0 Å². The van der Waals surface area contributed by atoms with Gasteiger partial charge in [0.2, 0.25) is 5.91 Å². The Balaban J connectivity index is 1.57. The summed E-state index contributed by atoms with van der Waals surface area (Å²) < 4.78 is 5.46. The average molecular weight is 368 g/mol. The molecule has 0 spiro atoms. The standard InChI is InChI=1S/C20H20N2O5/c1-12(20(25)26)21-19(24)14-3-5-16(6-4-14)22-18(23)11-13-2-7-17-15(10-13)8-9-27-17/h2-7,10,12H,8-9,11H2,1H3,(H,21,24)(H,22,23)(H,25,26). The SMILES string of the molecule is CC(NC(=O)c1ccc(NC(=O)Cc2ccc3c(c2)CCO3)cc1)C(=O)O. The first-order valence-corrected chi connectivity index (χ1v) is 8.60. The highest BCUT2D eigenvalue weighted by molar-refractivity contribution is 5.97. The lowest BCUT2D eigenvalue weighted by atomic mass is 10.1. The quantitative estimate of drug-likeness (QED) is 0.723. The van der Waals surface area contributed by atoms with E-state index in [1.54, 1.807) is 12.1 Å². The minimum atomic E-state index is -1.11. The van der Waals surface area contributed by atoms with E-state index >= 15 is 0 Å². The van der Waals surface area contributed by atoms with Crippen molar-refractivity contribution in [3.63, 3.8) is 0 Å². The maximum Gasteiger partial charge on any atom is 0.325 e. The van der Waals surface area contributed by atoms with Gasteiger partial charge in [0.25, 0.3) is 5.91 Å². The summed E-state index contributed by atoms with van der Waals surface area (Å²) in [6, 6.07) is 11.0. The zero-order valence-electron chi connectivity index (χ0n) is 14.8. The molecule has 7 nitrogen and oxygen atoms in total. The lowest BCUT2D eigenvalue weighted by Gasteiger charge is -2.10. The summed E-state index contributed by atoms with van der Waals surface area (Å²) in [4.78, 5) is 35.0. The van der Waals surface area contributed by atoms with Crippen LogP contribution < -0.4 is 15.4 Å². The summed E-state index contributed by atoms with van der Waals surface area (Å²) >= 11 is 0. The van der Waals surface area contributed by atoms with Gasteiger partial charge in [-0.2, -0.15) is 0 Å². The highest BCUT2D eigenvalue weighted by atomic mass is 16.5. The lowest BCUT2D eigenvalue weighted by molar-refractivity contribution is -0.138. The fourth-order valence-corrected chi connectivity index (χ4v) is 2.79. The molecule has 2 amide bonds. The number of anilines is 1. The van der Waals surface area contributed by atoms with Gasteiger partial charge in [0, 0.05) is 17.7 Å². The molecule has 0 fully saturated rings. The van der Waals surface area contributed by atoms with Gasteiger partial charge in [0.05, 0.1) is 13.0 Å². The van der Waals surface area contributed by atoms with Crippen molar-refractivity contribution in [2.45, 2.75) is 25.8 Å². The number of benzene rings is 2. The Bertz CT molecular complexity index is 876. The maximum atomic E-state index is 12.2. The zero-order chi connectivity index (χ0) is 19.4. The van der Waals surface area contributed by atoms with Crippen LogP contribution in [0, 0.1) is 0 Å². The number of ether oxygens (including phenoxy) is 1. The highest BCUT2D eigenvalue weighted by Crippen LogP contribution is 2.26. The number of carboxylic acids is 1. The third-order valence-corrected chi connectivity index (χ3v) is 4.27. The van der Waals surface area contributed by atoms with E-state index in [0.717, 1.165) is 23.3 Å². The zero-order valence-corrected chi connectivity index (χ0v) is 14.8. The number of carbonyl (C=O) groups excluding carboxylic acids is 2. The molecule has 1 aliphatic heterocycles. The van der Waals surface area contributed by atoms with E-state index in [-0.39, 0.29) is 12.3 Å². The van der Waals surface area contributed by atoms with Crippen molar-refractivity contribution in [3.8, 4) is 5.75 Å². The minimum Gasteiger partial charge on any atom is -0.493 e. The Morgan fingerprint density at radius 2 is 1.89 bits per heavy atom. The van der Waals surface area contributed by atoms with Crippen LogP contribution in [-0.4, -0.2) is 35.5 Å². The van der Waals surface area contributed by atoms with Gasteiger partial charge in [-0.15, -0.1) is 0 Å². The molecule has 2 aromatic rings. The van der Waals surface area contributed by atoms with E-state index in [4.69, 9.17) is 9.84 Å². The molecule has 3 N–H and O–H groups in total. The summed E-state index contributed by atoms with van der Waals surface area (Å²) in [6.07, 6.45) is 1.10. The van der Waals surface area contributed by atoms with Crippen LogP contribution >= 0.6 is 0 Å². The van der Waals surface area contributed by atoms with Gasteiger partial charge >= 0.3 is 5.97 Å². The van der Waals surface area contributed by atoms with E-state index in [0.29, 0.717) is 17.9 Å². The number of rotatable bonds is 6. The summed E-state index contributed by atoms with van der Waals surface area (Å²) in [6.45, 7) is 2.07. The van der Waals surface area contributed by atoms with Crippen LogP contribution in [-0.2, 0) is 22.4 Å². The van der Waals surface area contributed by atoms with Gasteiger partial charge in [-0.25, -0.2) is 0 Å². The number of nitrogens with one attached hydrogen (secondary N) is 2. The number of carboxylic acid groups (broad SMARTS) is 1. The number of fused-ring (bicyclic) bond motifs is 1. The largest absolute Gasteiger partial charge is 0.493 e. The molecule has 0 aromatic heterocycles. The predicted octanol–water partition coefficient (Wildman–Crippen LogP) is 2.01. The topological polar surface area (TPSA) is 105 Å². The van der Waals surface area contributed by atoms with Crippen LogP contribution in [0.4, 0.5) is 5.69 Å². The average Bonchev–Trinajstić information content (AvgIpc) is 3.09. The van der Waals surface area contributed by atoms with Crippen LogP contribution in [0.15, 0.2) is 42.5 Å². The number of carbonyl (C=O) groups is 3. The van der Waals surface area contributed by atoms with E-state index in [1.165, 1.54) is 19.1 Å². The first kappa shape index (κ1) is 18.4.